The van der Waals surface area contributed by atoms with Crippen LogP contribution in [0.15, 0.2) is 12.4 Å². The number of aromatic carboxylic acids is 1. The predicted octanol–water partition coefficient (Wildman–Crippen LogP) is 0.801. The van der Waals surface area contributed by atoms with Gasteiger partial charge in [-0.2, -0.15) is 0 Å². The maximum Gasteiger partial charge on any atom is 0.356 e. The average Bonchev–Trinajstić information content (AvgIpc) is 2.39. The van der Waals surface area contributed by atoms with Crippen LogP contribution in [-0.4, -0.2) is 44.9 Å². The van der Waals surface area contributed by atoms with E-state index in [9.17, 15) is 9.59 Å². The van der Waals surface area contributed by atoms with Crippen molar-refractivity contribution < 1.29 is 14.7 Å². The van der Waals surface area contributed by atoms with Crippen molar-refractivity contribution in [3.8, 4) is 0 Å². The molecule has 0 aromatic carbocycles. The van der Waals surface area contributed by atoms with Crippen molar-refractivity contribution in [3.05, 3.63) is 23.8 Å². The Bertz CT molecular complexity index is 441. The molecule has 1 aromatic heterocycles. The summed E-state index contributed by atoms with van der Waals surface area (Å²) in [6, 6.07) is 0. The molecule has 2 rings (SSSR count). The van der Waals surface area contributed by atoms with Gasteiger partial charge in [-0.15, -0.1) is 0 Å². The highest BCUT2D eigenvalue weighted by Crippen LogP contribution is 2.11. The third-order valence-corrected chi connectivity index (χ3v) is 2.72. The van der Waals surface area contributed by atoms with Crippen LogP contribution in [0.5, 0.6) is 0 Å². The molecule has 0 unspecified atom stereocenters. The number of likely N-dealkylation sites (tertiary alicyclic amines) is 1. The Labute approximate surface area is 98.3 Å². The zero-order valence-electron chi connectivity index (χ0n) is 9.30. The van der Waals surface area contributed by atoms with Gasteiger partial charge < -0.3 is 10.0 Å². The number of carboxylic acids is 1. The van der Waals surface area contributed by atoms with Gasteiger partial charge in [-0.1, -0.05) is 0 Å². The molecule has 0 saturated carbocycles. The lowest BCUT2D eigenvalue weighted by molar-refractivity contribution is 0.0688. The Hall–Kier alpha value is -1.98. The topological polar surface area (TPSA) is 83.4 Å². The monoisotopic (exact) mass is 235 g/mol. The summed E-state index contributed by atoms with van der Waals surface area (Å²) in [5.41, 5.74) is -0.0975. The lowest BCUT2D eigenvalue weighted by Crippen LogP contribution is -2.36. The van der Waals surface area contributed by atoms with Gasteiger partial charge in [0.1, 0.15) is 5.69 Å². The van der Waals surface area contributed by atoms with Gasteiger partial charge >= 0.3 is 5.97 Å². The first-order chi connectivity index (χ1) is 8.18. The predicted molar refractivity (Wildman–Crippen MR) is 58.7 cm³/mol. The second-order valence-corrected chi connectivity index (χ2v) is 3.95. The molecule has 6 nitrogen and oxygen atoms in total. The Morgan fingerprint density at radius 2 is 1.76 bits per heavy atom. The summed E-state index contributed by atoms with van der Waals surface area (Å²) in [6.07, 6.45) is 5.54. The van der Waals surface area contributed by atoms with Crippen LogP contribution in [0.4, 0.5) is 0 Å². The van der Waals surface area contributed by atoms with Crippen LogP contribution in [0.3, 0.4) is 0 Å². The number of rotatable bonds is 2. The summed E-state index contributed by atoms with van der Waals surface area (Å²) in [5.74, 6) is -1.41. The number of hydrogen-bond donors (Lipinski definition) is 1. The highest BCUT2D eigenvalue weighted by Gasteiger charge is 2.20. The van der Waals surface area contributed by atoms with Crippen LogP contribution in [0, 0.1) is 0 Å². The van der Waals surface area contributed by atoms with Gasteiger partial charge in [0.2, 0.25) is 0 Å². The molecule has 1 aliphatic rings. The zero-order valence-corrected chi connectivity index (χ0v) is 9.30. The molecule has 0 aliphatic carbocycles. The summed E-state index contributed by atoms with van der Waals surface area (Å²) in [6.45, 7) is 1.41. The van der Waals surface area contributed by atoms with Crippen molar-refractivity contribution >= 4 is 11.9 Å². The van der Waals surface area contributed by atoms with Gasteiger partial charge in [0, 0.05) is 13.1 Å². The first-order valence-corrected chi connectivity index (χ1v) is 5.53. The van der Waals surface area contributed by atoms with E-state index in [0.717, 1.165) is 25.5 Å². The van der Waals surface area contributed by atoms with E-state index < -0.39 is 5.97 Å². The SMILES string of the molecule is O=C(O)c1cncc(C(=O)N2CCCCC2)n1. The Balaban J connectivity index is 2.18. The van der Waals surface area contributed by atoms with Crippen molar-refractivity contribution in [1.82, 2.24) is 14.9 Å². The summed E-state index contributed by atoms with van der Waals surface area (Å²) in [4.78, 5) is 31.9. The van der Waals surface area contributed by atoms with Crippen LogP contribution < -0.4 is 0 Å². The van der Waals surface area contributed by atoms with Crippen molar-refractivity contribution in [2.75, 3.05) is 13.1 Å². The van der Waals surface area contributed by atoms with Crippen LogP contribution in [-0.2, 0) is 0 Å². The van der Waals surface area contributed by atoms with E-state index in [2.05, 4.69) is 9.97 Å². The minimum atomic E-state index is -1.18. The van der Waals surface area contributed by atoms with Gasteiger partial charge in [0.25, 0.3) is 5.91 Å². The second-order valence-electron chi connectivity index (χ2n) is 3.95. The molecular formula is C11H13N3O3. The molecule has 0 radical (unpaired) electrons. The van der Waals surface area contributed by atoms with Gasteiger partial charge in [-0.05, 0) is 19.3 Å². The molecule has 1 saturated heterocycles. The molecule has 6 heteroatoms. The number of piperidine rings is 1. The van der Waals surface area contributed by atoms with Crippen LogP contribution >= 0.6 is 0 Å². The molecule has 1 aromatic rings. The van der Waals surface area contributed by atoms with E-state index in [1.165, 1.54) is 6.20 Å². The maximum atomic E-state index is 12.0. The fraction of sp³-hybridized carbons (Fsp3) is 0.455. The van der Waals surface area contributed by atoms with Crippen molar-refractivity contribution in [3.63, 3.8) is 0 Å². The van der Waals surface area contributed by atoms with E-state index >= 15 is 0 Å². The second kappa shape index (κ2) is 4.90. The van der Waals surface area contributed by atoms with E-state index in [-0.39, 0.29) is 17.3 Å². The number of carbonyl (C=O) groups excluding carboxylic acids is 1. The molecule has 17 heavy (non-hydrogen) atoms. The molecule has 0 spiro atoms. The molecular weight excluding hydrogens is 222 g/mol. The van der Waals surface area contributed by atoms with Crippen molar-refractivity contribution in [2.24, 2.45) is 0 Å². The Morgan fingerprint density at radius 1 is 1.12 bits per heavy atom. The van der Waals surface area contributed by atoms with Crippen molar-refractivity contribution in [1.29, 1.82) is 0 Å². The lowest BCUT2D eigenvalue weighted by Gasteiger charge is -2.26. The average molecular weight is 235 g/mol. The van der Waals surface area contributed by atoms with E-state index in [1.807, 2.05) is 0 Å². The van der Waals surface area contributed by atoms with Crippen molar-refractivity contribution in [2.45, 2.75) is 19.3 Å². The quantitative estimate of drug-likeness (QED) is 0.819. The van der Waals surface area contributed by atoms with Crippen LogP contribution in [0.2, 0.25) is 0 Å². The molecule has 1 amide bonds. The van der Waals surface area contributed by atoms with E-state index in [0.29, 0.717) is 13.1 Å². The third-order valence-electron chi connectivity index (χ3n) is 2.72. The van der Waals surface area contributed by atoms with Crippen LogP contribution in [0.25, 0.3) is 0 Å². The number of hydrogen-bond acceptors (Lipinski definition) is 4. The Morgan fingerprint density at radius 3 is 2.41 bits per heavy atom. The number of carbonyl (C=O) groups is 2. The smallest absolute Gasteiger partial charge is 0.356 e. The molecule has 1 fully saturated rings. The Kier molecular flexibility index (Phi) is 3.32. The highest BCUT2D eigenvalue weighted by molar-refractivity contribution is 5.93. The number of nitrogens with zero attached hydrogens (tertiary/aromatic N) is 3. The van der Waals surface area contributed by atoms with Gasteiger partial charge in [-0.25, -0.2) is 9.78 Å². The molecule has 2 heterocycles. The summed E-state index contributed by atoms with van der Waals surface area (Å²) in [5, 5.41) is 8.77. The molecule has 1 N–H and O–H groups in total. The summed E-state index contributed by atoms with van der Waals surface area (Å²) < 4.78 is 0. The van der Waals surface area contributed by atoms with Gasteiger partial charge in [0.05, 0.1) is 12.4 Å². The van der Waals surface area contributed by atoms with Crippen LogP contribution in [0.1, 0.15) is 40.2 Å². The molecule has 90 valence electrons. The summed E-state index contributed by atoms with van der Waals surface area (Å²) >= 11 is 0. The normalized spacial score (nSPS) is 15.6. The lowest BCUT2D eigenvalue weighted by atomic mass is 10.1. The van der Waals surface area contributed by atoms with Gasteiger partial charge in [-0.3, -0.25) is 9.78 Å². The first kappa shape index (κ1) is 11.5. The van der Waals surface area contributed by atoms with E-state index in [4.69, 9.17) is 5.11 Å². The fourth-order valence-corrected chi connectivity index (χ4v) is 1.83. The zero-order chi connectivity index (χ0) is 12.3. The fourth-order valence-electron chi connectivity index (χ4n) is 1.83. The molecule has 0 bridgehead atoms. The first-order valence-electron chi connectivity index (χ1n) is 5.53. The largest absolute Gasteiger partial charge is 0.476 e. The summed E-state index contributed by atoms with van der Waals surface area (Å²) in [7, 11) is 0. The highest BCUT2D eigenvalue weighted by atomic mass is 16.4. The minimum Gasteiger partial charge on any atom is -0.476 e. The maximum absolute atomic E-state index is 12.0. The van der Waals surface area contributed by atoms with Gasteiger partial charge in [0.15, 0.2) is 5.69 Å². The minimum absolute atomic E-state index is 0.104. The molecule has 1 aliphatic heterocycles. The standard InChI is InChI=1S/C11H13N3O3/c15-10(14-4-2-1-3-5-14)8-6-12-7-9(13-8)11(16)17/h6-7H,1-5H2,(H,16,17). The number of aromatic nitrogens is 2. The molecule has 0 atom stereocenters. The van der Waals surface area contributed by atoms with E-state index in [1.54, 1.807) is 4.90 Å². The number of amides is 1. The number of carboxylic acid groups (broad SMARTS) is 1. The third kappa shape index (κ3) is 2.58.